The maximum Gasteiger partial charge on any atom is 0.0900 e. The van der Waals surface area contributed by atoms with Crippen LogP contribution in [-0.4, -0.2) is 47.2 Å². The van der Waals surface area contributed by atoms with E-state index in [1.807, 2.05) is 23.5 Å². The topological polar surface area (TPSA) is 12.5 Å². The van der Waals surface area contributed by atoms with Crippen LogP contribution in [0.5, 0.6) is 0 Å². The molecule has 0 aliphatic carbocycles. The third kappa shape index (κ3) is 8.33. The summed E-state index contributed by atoms with van der Waals surface area (Å²) in [6.45, 7) is 3.24. The average Bonchev–Trinajstić information content (AvgIpc) is 2.99. The van der Waals surface area contributed by atoms with Crippen LogP contribution in [-0.2, 0) is 4.74 Å². The summed E-state index contributed by atoms with van der Waals surface area (Å²) in [6, 6.07) is 0. The van der Waals surface area contributed by atoms with Crippen LogP contribution in [0.4, 0.5) is 0 Å². The zero-order valence-corrected chi connectivity index (χ0v) is 11.3. The molecule has 1 atom stereocenters. The molecule has 1 saturated heterocycles. The summed E-state index contributed by atoms with van der Waals surface area (Å²) in [5.74, 6) is 7.78. The van der Waals surface area contributed by atoms with Gasteiger partial charge in [0.05, 0.1) is 12.7 Å². The van der Waals surface area contributed by atoms with Crippen LogP contribution in [0, 0.1) is 0 Å². The van der Waals surface area contributed by atoms with Crippen molar-refractivity contribution in [3.8, 4) is 0 Å². The van der Waals surface area contributed by atoms with Crippen molar-refractivity contribution < 1.29 is 4.74 Å². The van der Waals surface area contributed by atoms with Crippen LogP contribution in [0.3, 0.4) is 0 Å². The molecule has 1 aliphatic heterocycles. The van der Waals surface area contributed by atoms with Gasteiger partial charge >= 0.3 is 0 Å². The molecular formula is C10H20OS3. The van der Waals surface area contributed by atoms with Crippen LogP contribution in [0.25, 0.3) is 0 Å². The second-order valence-electron chi connectivity index (χ2n) is 3.19. The highest BCUT2D eigenvalue weighted by molar-refractivity contribution is 8.03. The Bertz CT molecular complexity index is 129. The SMILES string of the molecule is CCSCCSCCCSCC1CO1. The molecule has 0 amide bonds. The molecule has 1 nitrogen and oxygen atoms in total. The molecule has 0 spiro atoms. The quantitative estimate of drug-likeness (QED) is 0.437. The second kappa shape index (κ2) is 9.25. The van der Waals surface area contributed by atoms with Crippen LogP contribution >= 0.6 is 35.3 Å². The fourth-order valence-corrected chi connectivity index (χ4v) is 3.94. The third-order valence-electron chi connectivity index (χ3n) is 1.86. The Morgan fingerprint density at radius 3 is 2.50 bits per heavy atom. The number of epoxide rings is 1. The van der Waals surface area contributed by atoms with Gasteiger partial charge in [-0.1, -0.05) is 6.92 Å². The molecule has 1 aliphatic rings. The van der Waals surface area contributed by atoms with Crippen LogP contribution in [0.15, 0.2) is 0 Å². The van der Waals surface area contributed by atoms with E-state index in [9.17, 15) is 0 Å². The average molecular weight is 252 g/mol. The van der Waals surface area contributed by atoms with E-state index in [1.54, 1.807) is 0 Å². The molecule has 0 radical (unpaired) electrons. The first-order chi connectivity index (χ1) is 6.93. The predicted octanol–water partition coefficient (Wildman–Crippen LogP) is 2.99. The second-order valence-corrected chi connectivity index (χ2v) is 6.96. The van der Waals surface area contributed by atoms with Gasteiger partial charge in [-0.2, -0.15) is 35.3 Å². The smallest absolute Gasteiger partial charge is 0.0900 e. The van der Waals surface area contributed by atoms with E-state index >= 15 is 0 Å². The van der Waals surface area contributed by atoms with Crippen LogP contribution in [0.1, 0.15) is 13.3 Å². The van der Waals surface area contributed by atoms with E-state index in [2.05, 4.69) is 18.7 Å². The van der Waals surface area contributed by atoms with Crippen molar-refractivity contribution in [3.05, 3.63) is 0 Å². The van der Waals surface area contributed by atoms with Gasteiger partial charge in [-0.25, -0.2) is 0 Å². The van der Waals surface area contributed by atoms with Crippen molar-refractivity contribution in [3.63, 3.8) is 0 Å². The molecule has 1 unspecified atom stereocenters. The Morgan fingerprint density at radius 1 is 1.07 bits per heavy atom. The monoisotopic (exact) mass is 252 g/mol. The first-order valence-electron chi connectivity index (χ1n) is 5.28. The van der Waals surface area contributed by atoms with Crippen molar-refractivity contribution in [2.45, 2.75) is 19.4 Å². The summed E-state index contributed by atoms with van der Waals surface area (Å²) in [4.78, 5) is 0. The highest BCUT2D eigenvalue weighted by atomic mass is 32.2. The van der Waals surface area contributed by atoms with Gasteiger partial charge < -0.3 is 4.74 Å². The molecule has 0 saturated carbocycles. The van der Waals surface area contributed by atoms with Gasteiger partial charge in [0.2, 0.25) is 0 Å². The lowest BCUT2D eigenvalue weighted by atomic mass is 10.6. The zero-order chi connectivity index (χ0) is 10.1. The van der Waals surface area contributed by atoms with E-state index in [4.69, 9.17) is 4.74 Å². The van der Waals surface area contributed by atoms with Crippen molar-refractivity contribution in [1.29, 1.82) is 0 Å². The Balaban J connectivity index is 1.63. The van der Waals surface area contributed by atoms with E-state index in [1.165, 1.54) is 40.9 Å². The molecule has 1 rings (SSSR count). The minimum absolute atomic E-state index is 0.605. The molecule has 0 aromatic rings. The normalized spacial score (nSPS) is 19.9. The lowest BCUT2D eigenvalue weighted by Gasteiger charge is -2.00. The molecule has 0 N–H and O–H groups in total. The maximum absolute atomic E-state index is 5.15. The Labute approximate surface area is 101 Å². The molecule has 1 fully saturated rings. The largest absolute Gasteiger partial charge is 0.372 e. The number of rotatable bonds is 10. The Morgan fingerprint density at radius 2 is 1.79 bits per heavy atom. The van der Waals surface area contributed by atoms with E-state index < -0.39 is 0 Å². The predicted molar refractivity (Wildman–Crippen MR) is 72.0 cm³/mol. The minimum atomic E-state index is 0.605. The fourth-order valence-electron chi connectivity index (χ4n) is 1.01. The number of ether oxygens (including phenoxy) is 1. The van der Waals surface area contributed by atoms with Gasteiger partial charge in [-0.05, 0) is 23.7 Å². The van der Waals surface area contributed by atoms with Crippen LogP contribution < -0.4 is 0 Å². The zero-order valence-electron chi connectivity index (χ0n) is 8.87. The summed E-state index contributed by atoms with van der Waals surface area (Å²) in [7, 11) is 0. The Hall–Kier alpha value is 1.01. The van der Waals surface area contributed by atoms with Crippen molar-refractivity contribution in [2.75, 3.05) is 41.1 Å². The van der Waals surface area contributed by atoms with E-state index in [-0.39, 0.29) is 0 Å². The van der Waals surface area contributed by atoms with Crippen molar-refractivity contribution in [2.24, 2.45) is 0 Å². The van der Waals surface area contributed by atoms with Gasteiger partial charge in [0.25, 0.3) is 0 Å². The van der Waals surface area contributed by atoms with Gasteiger partial charge in [-0.15, -0.1) is 0 Å². The van der Waals surface area contributed by atoms with E-state index in [0.717, 1.165) is 6.61 Å². The molecule has 14 heavy (non-hydrogen) atoms. The molecule has 1 heterocycles. The molecule has 4 heteroatoms. The highest BCUT2D eigenvalue weighted by Gasteiger charge is 2.21. The van der Waals surface area contributed by atoms with Crippen molar-refractivity contribution in [1.82, 2.24) is 0 Å². The highest BCUT2D eigenvalue weighted by Crippen LogP contribution is 2.17. The standard InChI is InChI=1S/C10H20OS3/c1-2-12-6-7-13-4-3-5-14-9-10-8-11-10/h10H,2-9H2,1H3. The van der Waals surface area contributed by atoms with Crippen molar-refractivity contribution >= 4 is 35.3 Å². The number of hydrogen-bond acceptors (Lipinski definition) is 4. The summed E-state index contributed by atoms with van der Waals surface area (Å²) >= 11 is 6.20. The minimum Gasteiger partial charge on any atom is -0.372 e. The first kappa shape index (κ1) is 13.1. The number of thioether (sulfide) groups is 3. The number of hydrogen-bond donors (Lipinski definition) is 0. The molecule has 0 aromatic carbocycles. The third-order valence-corrected chi connectivity index (χ3v) is 5.27. The lowest BCUT2D eigenvalue weighted by molar-refractivity contribution is 0.426. The van der Waals surface area contributed by atoms with Gasteiger partial charge in [0, 0.05) is 17.3 Å². The molecule has 84 valence electrons. The summed E-state index contributed by atoms with van der Waals surface area (Å²) in [5.41, 5.74) is 0. The molecule has 0 aromatic heterocycles. The van der Waals surface area contributed by atoms with E-state index in [0.29, 0.717) is 6.10 Å². The summed E-state index contributed by atoms with van der Waals surface area (Å²) in [5, 5.41) is 0. The Kier molecular flexibility index (Phi) is 8.64. The molecular weight excluding hydrogens is 232 g/mol. The van der Waals surface area contributed by atoms with Gasteiger partial charge in [0.1, 0.15) is 0 Å². The maximum atomic E-state index is 5.15. The summed E-state index contributed by atoms with van der Waals surface area (Å²) < 4.78 is 5.15. The lowest BCUT2D eigenvalue weighted by Crippen LogP contribution is -1.93. The van der Waals surface area contributed by atoms with Gasteiger partial charge in [-0.3, -0.25) is 0 Å². The fraction of sp³-hybridized carbons (Fsp3) is 1.00. The van der Waals surface area contributed by atoms with Gasteiger partial charge in [0.15, 0.2) is 0 Å². The molecule has 0 bridgehead atoms. The summed E-state index contributed by atoms with van der Waals surface area (Å²) in [6.07, 6.45) is 1.97. The van der Waals surface area contributed by atoms with Crippen LogP contribution in [0.2, 0.25) is 0 Å². The first-order valence-corrected chi connectivity index (χ1v) is 8.74.